The van der Waals surface area contributed by atoms with E-state index in [1.807, 2.05) is 0 Å². The Hall–Kier alpha value is -2.27. The normalized spacial score (nSPS) is 10.3. The van der Waals surface area contributed by atoms with E-state index in [-0.39, 0.29) is 17.2 Å². The first kappa shape index (κ1) is 17.1. The van der Waals surface area contributed by atoms with Crippen LogP contribution in [0.15, 0.2) is 42.5 Å². The van der Waals surface area contributed by atoms with Crippen molar-refractivity contribution in [3.63, 3.8) is 0 Å². The molecule has 0 aliphatic rings. The van der Waals surface area contributed by atoms with Gasteiger partial charge in [0.2, 0.25) is 0 Å². The van der Waals surface area contributed by atoms with Gasteiger partial charge in [0.25, 0.3) is 5.91 Å². The van der Waals surface area contributed by atoms with Crippen molar-refractivity contribution in [3.8, 4) is 11.5 Å². The predicted molar refractivity (Wildman–Crippen MR) is 86.9 cm³/mol. The fraction of sp³-hybridized carbons (Fsp3) is 0.235. The summed E-state index contributed by atoms with van der Waals surface area (Å²) in [7, 11) is 3.00. The summed E-state index contributed by atoms with van der Waals surface area (Å²) in [6.45, 7) is 0.667. The van der Waals surface area contributed by atoms with Gasteiger partial charge in [-0.3, -0.25) is 4.79 Å². The smallest absolute Gasteiger partial charge is 0.253 e. The number of nitrogens with zero attached hydrogens (tertiary/aromatic N) is 1. The van der Waals surface area contributed by atoms with Crippen LogP contribution in [0.5, 0.6) is 11.5 Å². The molecule has 0 aliphatic carbocycles. The van der Waals surface area contributed by atoms with Crippen LogP contribution in [-0.2, 0) is 0 Å². The number of likely N-dealkylation sites (N-methyl/N-ethyl adjacent to an activating group) is 1. The van der Waals surface area contributed by atoms with E-state index in [4.69, 9.17) is 21.1 Å². The van der Waals surface area contributed by atoms with Crippen LogP contribution in [-0.4, -0.2) is 38.1 Å². The first-order valence-electron chi connectivity index (χ1n) is 6.98. The van der Waals surface area contributed by atoms with E-state index in [2.05, 4.69) is 0 Å². The Labute approximate surface area is 139 Å². The van der Waals surface area contributed by atoms with Crippen LogP contribution in [0.4, 0.5) is 4.39 Å². The number of hydrogen-bond donors (Lipinski definition) is 0. The van der Waals surface area contributed by atoms with E-state index in [9.17, 15) is 9.18 Å². The fourth-order valence-electron chi connectivity index (χ4n) is 1.98. The number of amides is 1. The second kappa shape index (κ2) is 7.83. The van der Waals surface area contributed by atoms with Crippen molar-refractivity contribution in [2.45, 2.75) is 0 Å². The van der Waals surface area contributed by atoms with Crippen LogP contribution < -0.4 is 9.47 Å². The van der Waals surface area contributed by atoms with Crippen molar-refractivity contribution in [2.24, 2.45) is 0 Å². The summed E-state index contributed by atoms with van der Waals surface area (Å²) in [5, 5.41) is 0.584. The molecule has 23 heavy (non-hydrogen) atoms. The summed E-state index contributed by atoms with van der Waals surface area (Å²) in [4.78, 5) is 13.7. The zero-order chi connectivity index (χ0) is 16.8. The molecule has 4 nitrogen and oxygen atoms in total. The number of hydrogen-bond acceptors (Lipinski definition) is 3. The van der Waals surface area contributed by atoms with Gasteiger partial charge in [0, 0.05) is 17.6 Å². The number of methoxy groups -OCH3 is 1. The lowest BCUT2D eigenvalue weighted by molar-refractivity contribution is 0.0773. The SMILES string of the molecule is COc1ccc(C(=O)N(C)CCOc2cccc(Cl)c2)cc1F. The Bertz CT molecular complexity index is 693. The monoisotopic (exact) mass is 337 g/mol. The molecule has 0 fully saturated rings. The maximum absolute atomic E-state index is 13.7. The molecule has 0 radical (unpaired) electrons. The lowest BCUT2D eigenvalue weighted by atomic mass is 10.2. The molecule has 0 N–H and O–H groups in total. The van der Waals surface area contributed by atoms with Crippen LogP contribution in [0.1, 0.15) is 10.4 Å². The van der Waals surface area contributed by atoms with Gasteiger partial charge in [-0.05, 0) is 36.4 Å². The lowest BCUT2D eigenvalue weighted by Crippen LogP contribution is -2.30. The molecule has 6 heteroatoms. The second-order valence-corrected chi connectivity index (χ2v) is 5.32. The average molecular weight is 338 g/mol. The molecule has 0 spiro atoms. The summed E-state index contributed by atoms with van der Waals surface area (Å²) in [6.07, 6.45) is 0. The van der Waals surface area contributed by atoms with Gasteiger partial charge in [0.05, 0.1) is 13.7 Å². The summed E-state index contributed by atoms with van der Waals surface area (Å²) in [5.41, 5.74) is 0.258. The molecule has 2 rings (SSSR count). The van der Waals surface area contributed by atoms with Gasteiger partial charge in [-0.2, -0.15) is 0 Å². The molecule has 2 aromatic rings. The standard InChI is InChI=1S/C17H17ClFNO3/c1-20(8-9-23-14-5-3-4-13(18)11-14)17(21)12-6-7-16(22-2)15(19)10-12/h3-7,10-11H,8-9H2,1-2H3. The number of rotatable bonds is 6. The molecule has 0 aliphatic heterocycles. The number of benzene rings is 2. The Morgan fingerprint density at radius 1 is 1.26 bits per heavy atom. The van der Waals surface area contributed by atoms with E-state index >= 15 is 0 Å². The highest BCUT2D eigenvalue weighted by Crippen LogP contribution is 2.19. The van der Waals surface area contributed by atoms with Gasteiger partial charge in [0.15, 0.2) is 11.6 Å². The summed E-state index contributed by atoms with van der Waals surface area (Å²) < 4.78 is 24.0. The van der Waals surface area contributed by atoms with Crippen molar-refractivity contribution in [3.05, 3.63) is 58.9 Å². The van der Waals surface area contributed by atoms with Gasteiger partial charge >= 0.3 is 0 Å². The highest BCUT2D eigenvalue weighted by atomic mass is 35.5. The van der Waals surface area contributed by atoms with E-state index in [1.165, 1.54) is 24.1 Å². The van der Waals surface area contributed by atoms with Gasteiger partial charge < -0.3 is 14.4 Å². The molecule has 0 saturated heterocycles. The molecule has 0 heterocycles. The highest BCUT2D eigenvalue weighted by Gasteiger charge is 2.14. The summed E-state index contributed by atoms with van der Waals surface area (Å²) >= 11 is 5.87. The first-order chi connectivity index (χ1) is 11.0. The van der Waals surface area contributed by atoms with E-state index < -0.39 is 5.82 Å². The number of ether oxygens (including phenoxy) is 2. The Balaban J connectivity index is 1.91. The zero-order valence-corrected chi connectivity index (χ0v) is 13.6. The molecular weight excluding hydrogens is 321 g/mol. The molecule has 0 saturated carbocycles. The topological polar surface area (TPSA) is 38.8 Å². The van der Waals surface area contributed by atoms with Gasteiger partial charge in [0.1, 0.15) is 12.4 Å². The largest absolute Gasteiger partial charge is 0.494 e. The third-order valence-electron chi connectivity index (χ3n) is 3.24. The minimum atomic E-state index is -0.568. The van der Waals surface area contributed by atoms with Crippen LogP contribution in [0, 0.1) is 5.82 Å². The highest BCUT2D eigenvalue weighted by molar-refractivity contribution is 6.30. The molecule has 1 amide bonds. The molecular formula is C17H17ClFNO3. The van der Waals surface area contributed by atoms with Gasteiger partial charge in [-0.25, -0.2) is 4.39 Å². The first-order valence-corrected chi connectivity index (χ1v) is 7.36. The summed E-state index contributed by atoms with van der Waals surface area (Å²) in [6, 6.07) is 11.1. The van der Waals surface area contributed by atoms with Crippen molar-refractivity contribution in [2.75, 3.05) is 27.3 Å². The van der Waals surface area contributed by atoms with Crippen LogP contribution in [0.25, 0.3) is 0 Å². The molecule has 0 aromatic heterocycles. The van der Waals surface area contributed by atoms with E-state index in [0.29, 0.717) is 23.9 Å². The van der Waals surface area contributed by atoms with Crippen molar-refractivity contribution in [1.82, 2.24) is 4.90 Å². The third kappa shape index (κ3) is 4.60. The number of carbonyl (C=O) groups is 1. The van der Waals surface area contributed by atoms with Crippen molar-refractivity contribution >= 4 is 17.5 Å². The Morgan fingerprint density at radius 2 is 2.04 bits per heavy atom. The van der Waals surface area contributed by atoms with E-state index in [0.717, 1.165) is 6.07 Å². The van der Waals surface area contributed by atoms with Gasteiger partial charge in [-0.15, -0.1) is 0 Å². The van der Waals surface area contributed by atoms with Gasteiger partial charge in [-0.1, -0.05) is 17.7 Å². The zero-order valence-electron chi connectivity index (χ0n) is 12.9. The molecule has 0 bridgehead atoms. The molecule has 2 aromatic carbocycles. The predicted octanol–water partition coefficient (Wildman–Crippen LogP) is 3.64. The lowest BCUT2D eigenvalue weighted by Gasteiger charge is -2.18. The van der Waals surface area contributed by atoms with Crippen molar-refractivity contribution in [1.29, 1.82) is 0 Å². The average Bonchev–Trinajstić information content (AvgIpc) is 2.54. The Kier molecular flexibility index (Phi) is 5.82. The van der Waals surface area contributed by atoms with Crippen LogP contribution >= 0.6 is 11.6 Å². The second-order valence-electron chi connectivity index (χ2n) is 4.88. The van der Waals surface area contributed by atoms with Crippen LogP contribution in [0.2, 0.25) is 5.02 Å². The quantitative estimate of drug-likeness (QED) is 0.807. The fourth-order valence-corrected chi connectivity index (χ4v) is 2.16. The number of halogens is 2. The molecule has 0 unspecified atom stereocenters. The number of carbonyl (C=O) groups excluding carboxylic acids is 1. The Morgan fingerprint density at radius 3 is 2.70 bits per heavy atom. The minimum absolute atomic E-state index is 0.105. The molecule has 0 atom stereocenters. The molecule has 122 valence electrons. The van der Waals surface area contributed by atoms with Crippen LogP contribution in [0.3, 0.4) is 0 Å². The maximum atomic E-state index is 13.7. The van der Waals surface area contributed by atoms with E-state index in [1.54, 1.807) is 31.3 Å². The summed E-state index contributed by atoms with van der Waals surface area (Å²) in [5.74, 6) is -0.120. The minimum Gasteiger partial charge on any atom is -0.494 e. The third-order valence-corrected chi connectivity index (χ3v) is 3.47. The van der Waals surface area contributed by atoms with Crippen molar-refractivity contribution < 1.29 is 18.7 Å². The maximum Gasteiger partial charge on any atom is 0.253 e.